The van der Waals surface area contributed by atoms with Gasteiger partial charge in [-0.3, -0.25) is 0 Å². The summed E-state index contributed by atoms with van der Waals surface area (Å²) in [5.74, 6) is 0.287. The average Bonchev–Trinajstić information content (AvgIpc) is 2.22. The van der Waals surface area contributed by atoms with Crippen molar-refractivity contribution in [2.24, 2.45) is 0 Å². The Morgan fingerprint density at radius 2 is 1.81 bits per heavy atom. The van der Waals surface area contributed by atoms with Gasteiger partial charge in [0.25, 0.3) is 0 Å². The fraction of sp³-hybridized carbons (Fsp3) is 0.0833. The number of rotatable bonds is 2. The molecule has 16 heavy (non-hydrogen) atoms. The zero-order valence-electron chi connectivity index (χ0n) is 8.48. The van der Waals surface area contributed by atoms with Gasteiger partial charge in [-0.05, 0) is 18.2 Å². The van der Waals surface area contributed by atoms with E-state index in [1.165, 1.54) is 5.56 Å². The number of halogens is 2. The number of hydrogen-bond donors (Lipinski definition) is 1. The van der Waals surface area contributed by atoms with E-state index in [0.29, 0.717) is 0 Å². The molecule has 0 unspecified atom stereocenters. The summed E-state index contributed by atoms with van der Waals surface area (Å²) in [6.45, 7) is 0.766. The van der Waals surface area contributed by atoms with Crippen molar-refractivity contribution in [2.45, 2.75) is 6.54 Å². The summed E-state index contributed by atoms with van der Waals surface area (Å²) in [6.07, 6.45) is 3.64. The molecule has 1 aromatic carbocycles. The molecule has 0 aliphatic carbocycles. The molecule has 0 amide bonds. The molecule has 0 saturated carbocycles. The van der Waals surface area contributed by atoms with Crippen LogP contribution in [0.15, 0.2) is 53.3 Å². The minimum absolute atomic E-state index is 0. The lowest BCUT2D eigenvalue weighted by Gasteiger charge is -1.98. The largest absolute Gasteiger partial charge is 1.00 e. The predicted octanol–water partition coefficient (Wildman–Crippen LogP) is -0.506. The predicted molar refractivity (Wildman–Crippen MR) is 61.5 cm³/mol. The number of hydrogen-bond acceptors (Lipinski definition) is 1. The molecule has 0 fully saturated rings. The van der Waals surface area contributed by atoms with Crippen LogP contribution in [0, 0.1) is 0 Å². The first kappa shape index (κ1) is 13.0. The minimum Gasteiger partial charge on any atom is -1.00 e. The van der Waals surface area contributed by atoms with E-state index >= 15 is 0 Å². The standard InChI is InChI=1S/C12H10BrNO.ClH/c13-11-5-3-10(4-6-11)8-14-7-1-2-12(15)9-14;/h1-7,9H,8H2;1H. The zero-order chi connectivity index (χ0) is 10.7. The van der Waals surface area contributed by atoms with Gasteiger partial charge in [0.15, 0.2) is 18.5 Å². The quantitative estimate of drug-likeness (QED) is 0.743. The highest BCUT2D eigenvalue weighted by atomic mass is 79.9. The lowest BCUT2D eigenvalue weighted by molar-refractivity contribution is -0.688. The third-order valence-corrected chi connectivity index (χ3v) is 2.65. The minimum atomic E-state index is 0. The fourth-order valence-electron chi connectivity index (χ4n) is 1.41. The molecule has 2 nitrogen and oxygen atoms in total. The second-order valence-electron chi connectivity index (χ2n) is 3.36. The zero-order valence-corrected chi connectivity index (χ0v) is 10.8. The molecule has 0 radical (unpaired) electrons. The maximum atomic E-state index is 9.31. The summed E-state index contributed by atoms with van der Waals surface area (Å²) < 4.78 is 3.02. The third-order valence-electron chi connectivity index (χ3n) is 2.12. The van der Waals surface area contributed by atoms with Gasteiger partial charge in [-0.1, -0.05) is 28.1 Å². The molecule has 0 bridgehead atoms. The number of aromatic hydroxyl groups is 1. The van der Waals surface area contributed by atoms with Crippen LogP contribution in [0.5, 0.6) is 5.75 Å². The van der Waals surface area contributed by atoms with Gasteiger partial charge in [-0.25, -0.2) is 0 Å². The van der Waals surface area contributed by atoms with Crippen LogP contribution in [0.1, 0.15) is 5.56 Å². The molecule has 0 saturated heterocycles. The summed E-state index contributed by atoms with van der Waals surface area (Å²) in [7, 11) is 0. The third kappa shape index (κ3) is 3.51. The first-order valence-electron chi connectivity index (χ1n) is 4.66. The van der Waals surface area contributed by atoms with Crippen LogP contribution in [0.4, 0.5) is 0 Å². The van der Waals surface area contributed by atoms with E-state index in [9.17, 15) is 5.11 Å². The van der Waals surface area contributed by atoms with Gasteiger partial charge in [0.1, 0.15) is 0 Å². The average molecular weight is 301 g/mol. The van der Waals surface area contributed by atoms with Crippen LogP contribution in [-0.4, -0.2) is 5.11 Å². The lowest BCUT2D eigenvalue weighted by atomic mass is 10.2. The maximum Gasteiger partial charge on any atom is 0.211 e. The van der Waals surface area contributed by atoms with Gasteiger partial charge in [0.2, 0.25) is 6.20 Å². The van der Waals surface area contributed by atoms with Crippen molar-refractivity contribution in [1.29, 1.82) is 0 Å². The van der Waals surface area contributed by atoms with Gasteiger partial charge >= 0.3 is 0 Å². The molecule has 2 rings (SSSR count). The van der Waals surface area contributed by atoms with Gasteiger partial charge in [0.05, 0.1) is 0 Å². The Balaban J connectivity index is 0.00000128. The molecule has 1 heterocycles. The Hall–Kier alpha value is -1.06. The Kier molecular flexibility index (Phi) is 4.77. The van der Waals surface area contributed by atoms with E-state index in [0.717, 1.165) is 11.0 Å². The lowest BCUT2D eigenvalue weighted by Crippen LogP contribution is -3.00. The van der Waals surface area contributed by atoms with Crippen LogP contribution in [0.2, 0.25) is 0 Å². The number of nitrogens with zero attached hydrogens (tertiary/aromatic N) is 1. The molecule has 2 aromatic rings. The second kappa shape index (κ2) is 5.87. The summed E-state index contributed by atoms with van der Waals surface area (Å²) in [5, 5.41) is 9.31. The first-order chi connectivity index (χ1) is 7.24. The Morgan fingerprint density at radius 1 is 1.12 bits per heavy atom. The monoisotopic (exact) mass is 299 g/mol. The second-order valence-corrected chi connectivity index (χ2v) is 4.28. The van der Waals surface area contributed by atoms with Crippen molar-refractivity contribution >= 4 is 15.9 Å². The molecule has 0 atom stereocenters. The Labute approximate surface area is 109 Å². The van der Waals surface area contributed by atoms with Crippen LogP contribution in [0.3, 0.4) is 0 Å². The van der Waals surface area contributed by atoms with Crippen molar-refractivity contribution in [3.05, 3.63) is 58.8 Å². The van der Waals surface area contributed by atoms with Crippen LogP contribution < -0.4 is 17.0 Å². The highest BCUT2D eigenvalue weighted by Gasteiger charge is 2.02. The molecule has 0 aliphatic heterocycles. The van der Waals surface area contributed by atoms with E-state index in [1.54, 1.807) is 12.3 Å². The van der Waals surface area contributed by atoms with Gasteiger partial charge in [-0.15, -0.1) is 0 Å². The van der Waals surface area contributed by atoms with Crippen molar-refractivity contribution in [3.63, 3.8) is 0 Å². The maximum absolute atomic E-state index is 9.31. The van der Waals surface area contributed by atoms with E-state index in [2.05, 4.69) is 28.1 Å². The molecule has 1 aromatic heterocycles. The summed E-state index contributed by atoms with van der Waals surface area (Å²) in [4.78, 5) is 0. The summed E-state index contributed by atoms with van der Waals surface area (Å²) in [5.41, 5.74) is 1.20. The highest BCUT2D eigenvalue weighted by molar-refractivity contribution is 9.10. The summed E-state index contributed by atoms with van der Waals surface area (Å²) >= 11 is 3.40. The molecule has 84 valence electrons. The fourth-order valence-corrected chi connectivity index (χ4v) is 1.67. The Bertz CT molecular complexity index is 459. The van der Waals surface area contributed by atoms with Gasteiger partial charge < -0.3 is 17.5 Å². The van der Waals surface area contributed by atoms with Gasteiger partial charge in [0, 0.05) is 16.1 Å². The van der Waals surface area contributed by atoms with E-state index in [1.807, 2.05) is 29.0 Å². The van der Waals surface area contributed by atoms with Crippen LogP contribution in [0.25, 0.3) is 0 Å². The summed E-state index contributed by atoms with van der Waals surface area (Å²) in [6, 6.07) is 11.6. The number of benzene rings is 1. The van der Waals surface area contributed by atoms with E-state index < -0.39 is 0 Å². The topological polar surface area (TPSA) is 24.1 Å². The number of pyridine rings is 1. The van der Waals surface area contributed by atoms with Gasteiger partial charge in [-0.2, -0.15) is 4.57 Å². The van der Waals surface area contributed by atoms with Crippen LogP contribution >= 0.6 is 15.9 Å². The SMILES string of the molecule is Oc1ccc[n+](Cc2ccc(Br)cc2)c1.[Cl-]. The molecule has 1 N–H and O–H groups in total. The van der Waals surface area contributed by atoms with E-state index in [-0.39, 0.29) is 18.2 Å². The van der Waals surface area contributed by atoms with E-state index in [4.69, 9.17) is 0 Å². The van der Waals surface area contributed by atoms with Crippen molar-refractivity contribution in [2.75, 3.05) is 0 Å². The molecule has 4 heteroatoms. The number of aromatic nitrogens is 1. The molecule has 0 spiro atoms. The normalized spacial score (nSPS) is 9.56. The highest BCUT2D eigenvalue weighted by Crippen LogP contribution is 2.10. The van der Waals surface area contributed by atoms with Crippen molar-refractivity contribution < 1.29 is 22.1 Å². The van der Waals surface area contributed by atoms with Crippen molar-refractivity contribution in [3.8, 4) is 5.75 Å². The molecular weight excluding hydrogens is 289 g/mol. The van der Waals surface area contributed by atoms with Crippen molar-refractivity contribution in [1.82, 2.24) is 0 Å². The first-order valence-corrected chi connectivity index (χ1v) is 5.46. The molecule has 0 aliphatic rings. The molecular formula is C12H11BrClNO. The Morgan fingerprint density at radius 3 is 2.44 bits per heavy atom. The smallest absolute Gasteiger partial charge is 0.211 e. The van der Waals surface area contributed by atoms with Crippen LogP contribution in [-0.2, 0) is 6.54 Å².